The van der Waals surface area contributed by atoms with Crippen LogP contribution in [0, 0.1) is 11.3 Å². The van der Waals surface area contributed by atoms with Gasteiger partial charge >= 0.3 is 0 Å². The third-order valence-corrected chi connectivity index (χ3v) is 3.27. The highest BCUT2D eigenvalue weighted by Gasteiger charge is 2.23. The molecule has 1 aliphatic rings. The molecule has 19 heavy (non-hydrogen) atoms. The van der Waals surface area contributed by atoms with Crippen LogP contribution in [0.15, 0.2) is 16.5 Å². The zero-order valence-corrected chi connectivity index (χ0v) is 10.8. The number of hydrogen-bond donors (Lipinski definition) is 1. The lowest BCUT2D eigenvalue weighted by atomic mass is 10.2. The van der Waals surface area contributed by atoms with Gasteiger partial charge in [0.15, 0.2) is 5.76 Å². The van der Waals surface area contributed by atoms with Crippen LogP contribution in [0.5, 0.6) is 0 Å². The van der Waals surface area contributed by atoms with Crippen LogP contribution in [-0.2, 0) is 6.54 Å². The van der Waals surface area contributed by atoms with Gasteiger partial charge in [-0.1, -0.05) is 0 Å². The van der Waals surface area contributed by atoms with Crippen molar-refractivity contribution in [2.24, 2.45) is 5.73 Å². The molecule has 1 aliphatic heterocycles. The first kappa shape index (κ1) is 13.6. The first-order valence-corrected chi connectivity index (χ1v) is 6.42. The number of amides is 1. The molecule has 0 saturated carbocycles. The second-order valence-electron chi connectivity index (χ2n) is 4.51. The van der Waals surface area contributed by atoms with E-state index in [9.17, 15) is 4.79 Å². The van der Waals surface area contributed by atoms with Crippen LogP contribution < -0.4 is 5.73 Å². The first-order chi connectivity index (χ1) is 9.24. The minimum Gasteiger partial charge on any atom is -0.455 e. The molecule has 1 saturated heterocycles. The Morgan fingerprint density at radius 2 is 2.11 bits per heavy atom. The molecule has 2 N–H and O–H groups in total. The number of hydrogen-bond acceptors (Lipinski definition) is 5. The van der Waals surface area contributed by atoms with Crippen LogP contribution in [0.25, 0.3) is 0 Å². The van der Waals surface area contributed by atoms with Gasteiger partial charge in [-0.05, 0) is 12.1 Å². The molecule has 2 heterocycles. The Labute approximate surface area is 112 Å². The molecule has 0 radical (unpaired) electrons. The van der Waals surface area contributed by atoms with Crippen molar-refractivity contribution in [3.05, 3.63) is 23.7 Å². The zero-order valence-electron chi connectivity index (χ0n) is 10.8. The van der Waals surface area contributed by atoms with Gasteiger partial charge in [-0.2, -0.15) is 5.26 Å². The fraction of sp³-hybridized carbons (Fsp3) is 0.538. The topological polar surface area (TPSA) is 86.5 Å². The van der Waals surface area contributed by atoms with E-state index in [0.717, 1.165) is 19.6 Å². The van der Waals surface area contributed by atoms with Crippen LogP contribution in [0.3, 0.4) is 0 Å². The van der Waals surface area contributed by atoms with E-state index in [0.29, 0.717) is 37.6 Å². The number of carbonyl (C=O) groups excluding carboxylic acids is 1. The molecular weight excluding hydrogens is 244 g/mol. The number of piperazine rings is 1. The number of nitriles is 1. The number of nitrogens with zero attached hydrogens (tertiary/aromatic N) is 3. The van der Waals surface area contributed by atoms with Crippen LogP contribution in [-0.4, -0.2) is 48.4 Å². The summed E-state index contributed by atoms with van der Waals surface area (Å²) >= 11 is 0. The SMILES string of the molecule is N#CCCN1CCN(C(=O)c2ccc(CN)o2)CC1. The lowest BCUT2D eigenvalue weighted by Crippen LogP contribution is -2.48. The van der Waals surface area contributed by atoms with Gasteiger partial charge in [0.2, 0.25) is 0 Å². The van der Waals surface area contributed by atoms with Crippen molar-refractivity contribution < 1.29 is 9.21 Å². The Balaban J connectivity index is 1.87. The number of rotatable bonds is 4. The van der Waals surface area contributed by atoms with Gasteiger partial charge in [0.05, 0.1) is 12.6 Å². The molecule has 1 fully saturated rings. The molecule has 6 heteroatoms. The van der Waals surface area contributed by atoms with Crippen molar-refractivity contribution in [1.82, 2.24) is 9.80 Å². The summed E-state index contributed by atoms with van der Waals surface area (Å²) in [7, 11) is 0. The molecule has 1 aromatic rings. The van der Waals surface area contributed by atoms with E-state index in [4.69, 9.17) is 15.4 Å². The lowest BCUT2D eigenvalue weighted by Gasteiger charge is -2.33. The second-order valence-corrected chi connectivity index (χ2v) is 4.51. The van der Waals surface area contributed by atoms with Crippen molar-refractivity contribution >= 4 is 5.91 Å². The van der Waals surface area contributed by atoms with Crippen molar-refractivity contribution in [1.29, 1.82) is 5.26 Å². The Hall–Kier alpha value is -1.84. The van der Waals surface area contributed by atoms with Crippen LogP contribution >= 0.6 is 0 Å². The normalized spacial score (nSPS) is 16.3. The number of carbonyl (C=O) groups is 1. The summed E-state index contributed by atoms with van der Waals surface area (Å²) in [6.45, 7) is 4.02. The van der Waals surface area contributed by atoms with Crippen molar-refractivity contribution in [3.63, 3.8) is 0 Å². The largest absolute Gasteiger partial charge is 0.455 e. The monoisotopic (exact) mass is 262 g/mol. The number of furan rings is 1. The molecule has 0 aliphatic carbocycles. The minimum atomic E-state index is -0.0837. The van der Waals surface area contributed by atoms with Crippen LogP contribution in [0.2, 0.25) is 0 Å². The van der Waals surface area contributed by atoms with Crippen molar-refractivity contribution in [3.8, 4) is 6.07 Å². The van der Waals surface area contributed by atoms with Gasteiger partial charge in [0, 0.05) is 39.1 Å². The van der Waals surface area contributed by atoms with E-state index in [1.807, 2.05) is 0 Å². The van der Waals surface area contributed by atoms with E-state index in [1.165, 1.54) is 0 Å². The molecule has 6 nitrogen and oxygen atoms in total. The first-order valence-electron chi connectivity index (χ1n) is 6.42. The second kappa shape index (κ2) is 6.36. The Kier molecular flexibility index (Phi) is 4.55. The average Bonchev–Trinajstić information content (AvgIpc) is 2.94. The van der Waals surface area contributed by atoms with E-state index >= 15 is 0 Å². The highest BCUT2D eigenvalue weighted by atomic mass is 16.4. The third kappa shape index (κ3) is 3.34. The Bertz CT molecular complexity index is 469. The third-order valence-electron chi connectivity index (χ3n) is 3.27. The van der Waals surface area contributed by atoms with Gasteiger partial charge in [-0.15, -0.1) is 0 Å². The average molecular weight is 262 g/mol. The van der Waals surface area contributed by atoms with Gasteiger partial charge in [-0.25, -0.2) is 0 Å². The van der Waals surface area contributed by atoms with Gasteiger partial charge < -0.3 is 15.1 Å². The lowest BCUT2D eigenvalue weighted by molar-refractivity contribution is 0.0607. The summed E-state index contributed by atoms with van der Waals surface area (Å²) < 4.78 is 5.37. The Morgan fingerprint density at radius 1 is 1.37 bits per heavy atom. The van der Waals surface area contributed by atoms with Crippen LogP contribution in [0.4, 0.5) is 0 Å². The molecule has 0 atom stereocenters. The zero-order chi connectivity index (χ0) is 13.7. The summed E-state index contributed by atoms with van der Waals surface area (Å²) in [5.74, 6) is 0.890. The molecule has 0 aromatic carbocycles. The van der Waals surface area contributed by atoms with Crippen molar-refractivity contribution in [2.75, 3.05) is 32.7 Å². The van der Waals surface area contributed by atoms with Gasteiger partial charge in [0.1, 0.15) is 5.76 Å². The molecule has 0 unspecified atom stereocenters. The molecule has 0 spiro atoms. The quantitative estimate of drug-likeness (QED) is 0.849. The maximum atomic E-state index is 12.2. The van der Waals surface area contributed by atoms with E-state index < -0.39 is 0 Å². The summed E-state index contributed by atoms with van der Waals surface area (Å²) in [6, 6.07) is 5.54. The molecule has 102 valence electrons. The van der Waals surface area contributed by atoms with E-state index in [-0.39, 0.29) is 5.91 Å². The fourth-order valence-electron chi connectivity index (χ4n) is 2.14. The molecule has 0 bridgehead atoms. The molecular formula is C13H18N4O2. The predicted octanol–water partition coefficient (Wildman–Crippen LogP) is 0.410. The minimum absolute atomic E-state index is 0.0837. The molecule has 2 rings (SSSR count). The summed E-state index contributed by atoms with van der Waals surface area (Å²) in [4.78, 5) is 16.1. The van der Waals surface area contributed by atoms with Gasteiger partial charge in [0.25, 0.3) is 5.91 Å². The summed E-state index contributed by atoms with van der Waals surface area (Å²) in [5.41, 5.74) is 5.45. The summed E-state index contributed by atoms with van der Waals surface area (Å²) in [6.07, 6.45) is 0.534. The summed E-state index contributed by atoms with van der Waals surface area (Å²) in [5, 5.41) is 8.55. The van der Waals surface area contributed by atoms with E-state index in [2.05, 4.69) is 11.0 Å². The van der Waals surface area contributed by atoms with Gasteiger partial charge in [-0.3, -0.25) is 9.69 Å². The highest BCUT2D eigenvalue weighted by Crippen LogP contribution is 2.12. The smallest absolute Gasteiger partial charge is 0.289 e. The molecule has 1 aromatic heterocycles. The van der Waals surface area contributed by atoms with E-state index in [1.54, 1.807) is 17.0 Å². The predicted molar refractivity (Wildman–Crippen MR) is 69.2 cm³/mol. The fourth-order valence-corrected chi connectivity index (χ4v) is 2.14. The highest BCUT2D eigenvalue weighted by molar-refractivity contribution is 5.91. The maximum Gasteiger partial charge on any atom is 0.289 e. The Morgan fingerprint density at radius 3 is 2.68 bits per heavy atom. The standard InChI is InChI=1S/C13H18N4O2/c14-4-1-5-16-6-8-17(9-7-16)13(18)12-3-2-11(10-15)19-12/h2-3H,1,5-10,15H2. The number of nitrogens with two attached hydrogens (primary N) is 1. The molecule has 1 amide bonds. The maximum absolute atomic E-state index is 12.2. The van der Waals surface area contributed by atoms with Crippen LogP contribution in [0.1, 0.15) is 22.7 Å². The van der Waals surface area contributed by atoms with Crippen molar-refractivity contribution in [2.45, 2.75) is 13.0 Å².